The van der Waals surface area contributed by atoms with Crippen molar-refractivity contribution in [2.24, 2.45) is 0 Å². The van der Waals surface area contributed by atoms with Crippen LogP contribution in [0.1, 0.15) is 11.3 Å². The van der Waals surface area contributed by atoms with Crippen LogP contribution in [0.5, 0.6) is 5.75 Å². The van der Waals surface area contributed by atoms with Gasteiger partial charge in [0.1, 0.15) is 5.75 Å². The monoisotopic (exact) mass is 439 g/mol. The van der Waals surface area contributed by atoms with E-state index >= 15 is 0 Å². The van der Waals surface area contributed by atoms with Crippen LogP contribution in [0.4, 0.5) is 5.82 Å². The Labute approximate surface area is 186 Å². The fraction of sp³-hybridized carbons (Fsp3) is 0.478. The van der Waals surface area contributed by atoms with Gasteiger partial charge in [0, 0.05) is 42.7 Å². The summed E-state index contributed by atoms with van der Waals surface area (Å²) < 4.78 is 6.70. The van der Waals surface area contributed by atoms with E-state index in [1.54, 1.807) is 23.5 Å². The first-order valence-corrected chi connectivity index (χ1v) is 11.7. The smallest absolute Gasteiger partial charge is 0.162 e. The molecule has 8 heteroatoms. The highest BCUT2D eigenvalue weighted by Gasteiger charge is 2.25. The van der Waals surface area contributed by atoms with E-state index in [1.807, 2.05) is 12.1 Å². The number of likely N-dealkylation sites (N-methyl/N-ethyl adjacent to an activating group) is 2. The predicted octanol–water partition coefficient (Wildman–Crippen LogP) is 3.04. The molecule has 7 nitrogen and oxygen atoms in total. The van der Waals surface area contributed by atoms with E-state index in [1.165, 1.54) is 17.8 Å². The number of phenols is 1. The van der Waals surface area contributed by atoms with Crippen LogP contribution in [0.15, 0.2) is 30.3 Å². The number of benzene rings is 1. The second-order valence-corrected chi connectivity index (χ2v) is 9.70. The molecule has 3 aromatic rings. The van der Waals surface area contributed by atoms with Gasteiger partial charge in [0.05, 0.1) is 23.4 Å². The van der Waals surface area contributed by atoms with Gasteiger partial charge in [0.15, 0.2) is 11.6 Å². The Morgan fingerprint density at radius 2 is 2.03 bits per heavy atom. The molecule has 2 fully saturated rings. The van der Waals surface area contributed by atoms with E-state index in [2.05, 4.69) is 34.9 Å². The third-order valence-electron chi connectivity index (χ3n) is 6.21. The summed E-state index contributed by atoms with van der Waals surface area (Å²) in [5.41, 5.74) is 1.81. The van der Waals surface area contributed by atoms with E-state index in [0.29, 0.717) is 25.1 Å². The van der Waals surface area contributed by atoms with Crippen LogP contribution < -0.4 is 4.90 Å². The Hall–Kier alpha value is -2.26. The van der Waals surface area contributed by atoms with Crippen molar-refractivity contribution in [3.05, 3.63) is 35.2 Å². The lowest BCUT2D eigenvalue weighted by atomic mass is 10.2. The zero-order chi connectivity index (χ0) is 21.4. The molecule has 2 saturated heterocycles. The standard InChI is InChI=1S/C23H29N5O2S/c1-26-7-6-17(14-26)27(2)15-19-13-20-21(31-19)23(28-8-10-30-11-9-28)25-22(24-20)16-4-3-5-18(29)12-16/h3-5,12-13,17,29H,6-11,14-15H2,1-2H3. The number of thiophene rings is 1. The summed E-state index contributed by atoms with van der Waals surface area (Å²) in [7, 11) is 4.42. The zero-order valence-corrected chi connectivity index (χ0v) is 18.9. The van der Waals surface area contributed by atoms with Gasteiger partial charge < -0.3 is 19.6 Å². The number of likely N-dealkylation sites (tertiary alicyclic amines) is 1. The lowest BCUT2D eigenvalue weighted by Gasteiger charge is -2.28. The maximum atomic E-state index is 9.94. The molecule has 2 aromatic heterocycles. The molecular weight excluding hydrogens is 410 g/mol. The fourth-order valence-electron chi connectivity index (χ4n) is 4.45. The van der Waals surface area contributed by atoms with Gasteiger partial charge in [-0.25, -0.2) is 9.97 Å². The van der Waals surface area contributed by atoms with Crippen LogP contribution in [0.2, 0.25) is 0 Å². The van der Waals surface area contributed by atoms with E-state index in [0.717, 1.165) is 47.8 Å². The molecule has 0 bridgehead atoms. The first-order valence-electron chi connectivity index (χ1n) is 10.9. The number of hydrogen-bond donors (Lipinski definition) is 1. The van der Waals surface area contributed by atoms with Gasteiger partial charge in [-0.05, 0) is 45.3 Å². The van der Waals surface area contributed by atoms with Gasteiger partial charge in [-0.2, -0.15) is 0 Å². The van der Waals surface area contributed by atoms with Gasteiger partial charge in [-0.3, -0.25) is 4.90 Å². The number of phenolic OH excluding ortho intramolecular Hbond substituents is 1. The van der Waals surface area contributed by atoms with E-state index < -0.39 is 0 Å². The molecule has 2 aliphatic heterocycles. The molecule has 0 spiro atoms. The molecule has 1 atom stereocenters. The lowest BCUT2D eigenvalue weighted by molar-refractivity contribution is 0.122. The zero-order valence-electron chi connectivity index (χ0n) is 18.1. The molecule has 31 heavy (non-hydrogen) atoms. The topological polar surface area (TPSA) is 65.0 Å². The Morgan fingerprint density at radius 3 is 2.77 bits per heavy atom. The number of nitrogens with zero attached hydrogens (tertiary/aromatic N) is 5. The molecule has 5 rings (SSSR count). The Balaban J connectivity index is 1.51. The van der Waals surface area contributed by atoms with Crippen molar-refractivity contribution in [1.82, 2.24) is 19.8 Å². The molecule has 0 aliphatic carbocycles. The first-order chi connectivity index (χ1) is 15.1. The molecule has 4 heterocycles. The molecule has 1 N–H and O–H groups in total. The van der Waals surface area contributed by atoms with Crippen molar-refractivity contribution in [2.45, 2.75) is 19.0 Å². The highest BCUT2D eigenvalue weighted by Crippen LogP contribution is 2.35. The van der Waals surface area contributed by atoms with Crippen LogP contribution in [0, 0.1) is 0 Å². The molecule has 0 amide bonds. The van der Waals surface area contributed by atoms with Crippen LogP contribution in [-0.4, -0.2) is 84.4 Å². The van der Waals surface area contributed by atoms with Crippen LogP contribution in [0.25, 0.3) is 21.6 Å². The van der Waals surface area contributed by atoms with E-state index in [9.17, 15) is 5.11 Å². The van der Waals surface area contributed by atoms with Crippen molar-refractivity contribution in [2.75, 3.05) is 58.4 Å². The quantitative estimate of drug-likeness (QED) is 0.656. The van der Waals surface area contributed by atoms with Crippen LogP contribution in [0.3, 0.4) is 0 Å². The Bertz CT molecular complexity index is 1070. The van der Waals surface area contributed by atoms with Gasteiger partial charge >= 0.3 is 0 Å². The van der Waals surface area contributed by atoms with Crippen molar-refractivity contribution >= 4 is 27.4 Å². The van der Waals surface area contributed by atoms with Crippen LogP contribution in [-0.2, 0) is 11.3 Å². The third-order valence-corrected chi connectivity index (χ3v) is 7.32. The summed E-state index contributed by atoms with van der Waals surface area (Å²) >= 11 is 1.80. The molecular formula is C23H29N5O2S. The lowest BCUT2D eigenvalue weighted by Crippen LogP contribution is -2.36. The summed E-state index contributed by atoms with van der Waals surface area (Å²) in [6.07, 6.45) is 1.22. The Kier molecular flexibility index (Phi) is 5.79. The fourth-order valence-corrected chi connectivity index (χ4v) is 5.63. The summed E-state index contributed by atoms with van der Waals surface area (Å²) in [5, 5.41) is 9.94. The largest absolute Gasteiger partial charge is 0.508 e. The van der Waals surface area contributed by atoms with Gasteiger partial charge in [-0.1, -0.05) is 12.1 Å². The first kappa shape index (κ1) is 20.6. The van der Waals surface area contributed by atoms with E-state index in [-0.39, 0.29) is 5.75 Å². The number of aromatic hydroxyl groups is 1. The summed E-state index contributed by atoms with van der Waals surface area (Å²) in [6, 6.07) is 9.99. The summed E-state index contributed by atoms with van der Waals surface area (Å²) in [6.45, 7) is 6.29. The van der Waals surface area contributed by atoms with Crippen molar-refractivity contribution < 1.29 is 9.84 Å². The molecule has 2 aliphatic rings. The molecule has 164 valence electrons. The highest BCUT2D eigenvalue weighted by atomic mass is 32.1. The second-order valence-electron chi connectivity index (χ2n) is 8.57. The second kappa shape index (κ2) is 8.70. The third kappa shape index (κ3) is 4.39. The minimum absolute atomic E-state index is 0.225. The number of hydrogen-bond acceptors (Lipinski definition) is 8. The molecule has 0 radical (unpaired) electrons. The van der Waals surface area contributed by atoms with Crippen LogP contribution >= 0.6 is 11.3 Å². The van der Waals surface area contributed by atoms with Crippen molar-refractivity contribution in [1.29, 1.82) is 0 Å². The minimum Gasteiger partial charge on any atom is -0.508 e. The minimum atomic E-state index is 0.225. The predicted molar refractivity (Wildman–Crippen MR) is 125 cm³/mol. The summed E-state index contributed by atoms with van der Waals surface area (Å²) in [4.78, 5) is 18.3. The normalized spacial score (nSPS) is 20.2. The number of ether oxygens (including phenoxy) is 1. The number of morpholine rings is 1. The number of aromatic nitrogens is 2. The molecule has 0 saturated carbocycles. The number of rotatable bonds is 5. The Morgan fingerprint density at radius 1 is 1.19 bits per heavy atom. The van der Waals surface area contributed by atoms with Gasteiger partial charge in [-0.15, -0.1) is 11.3 Å². The molecule has 1 unspecified atom stereocenters. The van der Waals surface area contributed by atoms with Gasteiger partial charge in [0.25, 0.3) is 0 Å². The van der Waals surface area contributed by atoms with E-state index in [4.69, 9.17) is 14.7 Å². The van der Waals surface area contributed by atoms with Crippen molar-refractivity contribution in [3.8, 4) is 17.1 Å². The number of anilines is 1. The average Bonchev–Trinajstić information content (AvgIpc) is 3.39. The SMILES string of the molecule is CN1CCC(N(C)Cc2cc3nc(-c4cccc(O)c4)nc(N4CCOCC4)c3s2)C1. The number of fused-ring (bicyclic) bond motifs is 1. The maximum Gasteiger partial charge on any atom is 0.162 e. The maximum absolute atomic E-state index is 9.94. The molecule has 1 aromatic carbocycles. The van der Waals surface area contributed by atoms with Gasteiger partial charge in [0.2, 0.25) is 0 Å². The highest BCUT2D eigenvalue weighted by molar-refractivity contribution is 7.19. The average molecular weight is 440 g/mol. The van der Waals surface area contributed by atoms with Crippen molar-refractivity contribution in [3.63, 3.8) is 0 Å². The summed E-state index contributed by atoms with van der Waals surface area (Å²) in [5.74, 6) is 1.86.